The molecule has 0 aromatic carbocycles. The molecule has 0 aliphatic heterocycles. The van der Waals surface area contributed by atoms with Gasteiger partial charge in [-0.1, -0.05) is 11.3 Å². The predicted molar refractivity (Wildman–Crippen MR) is 67.5 cm³/mol. The zero-order valence-corrected chi connectivity index (χ0v) is 10.0. The maximum absolute atomic E-state index is 10.9. The summed E-state index contributed by atoms with van der Waals surface area (Å²) < 4.78 is 5.00. The van der Waals surface area contributed by atoms with Crippen molar-refractivity contribution < 1.29 is 4.74 Å². The van der Waals surface area contributed by atoms with E-state index in [1.54, 1.807) is 24.6 Å². The third kappa shape index (κ3) is 2.76. The number of hydrogen-bond donors (Lipinski definition) is 3. The second-order valence-electron chi connectivity index (χ2n) is 3.32. The molecule has 0 unspecified atom stereocenters. The third-order valence-electron chi connectivity index (χ3n) is 2.13. The molecule has 0 saturated carbocycles. The van der Waals surface area contributed by atoms with Crippen LogP contribution in [0, 0.1) is 0 Å². The summed E-state index contributed by atoms with van der Waals surface area (Å²) in [5.74, 6) is 1.02. The first-order chi connectivity index (χ1) is 8.19. The molecule has 0 fully saturated rings. The predicted octanol–water partition coefficient (Wildman–Crippen LogP) is 1.03. The fourth-order valence-electron chi connectivity index (χ4n) is 1.29. The van der Waals surface area contributed by atoms with Gasteiger partial charge < -0.3 is 20.8 Å². The molecular weight excluding hydrogens is 240 g/mol. The van der Waals surface area contributed by atoms with Crippen molar-refractivity contribution in [3.63, 3.8) is 0 Å². The molecule has 7 heteroatoms. The van der Waals surface area contributed by atoms with E-state index in [2.05, 4.69) is 15.3 Å². The number of pyridine rings is 1. The summed E-state index contributed by atoms with van der Waals surface area (Å²) in [6, 6.07) is 3.40. The standard InChI is InChI=1S/C10H12N4O2S/c1-16-8-3-2-7(11)9(14-8)12-4-6-5-17-10(15)13-6/h2-3,5H,4,11H2,1H3,(H,12,14)(H,13,15). The average molecular weight is 252 g/mol. The van der Waals surface area contributed by atoms with Crippen LogP contribution in [0.25, 0.3) is 0 Å². The molecule has 2 heterocycles. The normalized spacial score (nSPS) is 10.2. The Labute approximate surface area is 101 Å². The molecule has 4 N–H and O–H groups in total. The van der Waals surface area contributed by atoms with Crippen LogP contribution < -0.4 is 20.7 Å². The quantitative estimate of drug-likeness (QED) is 0.755. The Balaban J connectivity index is 2.10. The molecule has 2 aromatic rings. The first-order valence-corrected chi connectivity index (χ1v) is 5.78. The Bertz CT molecular complexity index is 563. The lowest BCUT2D eigenvalue weighted by atomic mass is 10.3. The second-order valence-corrected chi connectivity index (χ2v) is 4.16. The second kappa shape index (κ2) is 4.88. The lowest BCUT2D eigenvalue weighted by Gasteiger charge is -2.08. The van der Waals surface area contributed by atoms with E-state index in [4.69, 9.17) is 10.5 Å². The van der Waals surface area contributed by atoms with E-state index >= 15 is 0 Å². The average Bonchev–Trinajstić information content (AvgIpc) is 2.74. The van der Waals surface area contributed by atoms with Crippen LogP contribution in [0.2, 0.25) is 0 Å². The highest BCUT2D eigenvalue weighted by Crippen LogP contribution is 2.19. The summed E-state index contributed by atoms with van der Waals surface area (Å²) in [5.41, 5.74) is 7.09. The number of anilines is 2. The van der Waals surface area contributed by atoms with E-state index in [1.807, 2.05) is 0 Å². The number of aromatic amines is 1. The Kier molecular flexibility index (Phi) is 3.29. The van der Waals surface area contributed by atoms with Gasteiger partial charge in [0, 0.05) is 17.1 Å². The topological polar surface area (TPSA) is 93.0 Å². The minimum atomic E-state index is -0.0756. The molecule has 6 nitrogen and oxygen atoms in total. The number of rotatable bonds is 4. The van der Waals surface area contributed by atoms with Gasteiger partial charge in [0.05, 0.1) is 19.3 Å². The molecule has 0 saturated heterocycles. The zero-order valence-electron chi connectivity index (χ0n) is 9.19. The van der Waals surface area contributed by atoms with Crippen LogP contribution in [0.5, 0.6) is 5.88 Å². The van der Waals surface area contributed by atoms with E-state index in [0.29, 0.717) is 23.9 Å². The maximum atomic E-state index is 10.9. The largest absolute Gasteiger partial charge is 0.481 e. The number of nitrogen functional groups attached to an aromatic ring is 1. The van der Waals surface area contributed by atoms with Crippen LogP contribution in [0.15, 0.2) is 22.3 Å². The van der Waals surface area contributed by atoms with Crippen LogP contribution in [0.3, 0.4) is 0 Å². The number of nitrogens with one attached hydrogen (secondary N) is 2. The van der Waals surface area contributed by atoms with Gasteiger partial charge in [0.15, 0.2) is 5.82 Å². The minimum absolute atomic E-state index is 0.0756. The van der Waals surface area contributed by atoms with E-state index < -0.39 is 0 Å². The highest BCUT2D eigenvalue weighted by molar-refractivity contribution is 7.07. The molecule has 2 rings (SSSR count). The van der Waals surface area contributed by atoms with Gasteiger partial charge in [-0.15, -0.1) is 0 Å². The fraction of sp³-hybridized carbons (Fsp3) is 0.200. The lowest BCUT2D eigenvalue weighted by Crippen LogP contribution is -2.06. The van der Waals surface area contributed by atoms with Gasteiger partial charge in [0.2, 0.25) is 5.88 Å². The molecule has 0 spiro atoms. The molecule has 0 aliphatic carbocycles. The Morgan fingerprint density at radius 1 is 1.59 bits per heavy atom. The molecular formula is C10H12N4O2S. The molecule has 2 aromatic heterocycles. The van der Waals surface area contributed by atoms with Gasteiger partial charge in [0.1, 0.15) is 0 Å². The summed E-state index contributed by atoms with van der Waals surface area (Å²) in [6.45, 7) is 0.461. The van der Waals surface area contributed by atoms with Gasteiger partial charge in [-0.25, -0.2) is 0 Å². The van der Waals surface area contributed by atoms with Crippen LogP contribution in [0.1, 0.15) is 5.69 Å². The smallest absolute Gasteiger partial charge is 0.304 e. The number of hydrogen-bond acceptors (Lipinski definition) is 6. The van der Waals surface area contributed by atoms with Gasteiger partial charge >= 0.3 is 4.87 Å². The van der Waals surface area contributed by atoms with Crippen molar-refractivity contribution in [1.29, 1.82) is 0 Å². The minimum Gasteiger partial charge on any atom is -0.481 e. The number of H-pyrrole nitrogens is 1. The van der Waals surface area contributed by atoms with E-state index in [-0.39, 0.29) is 4.87 Å². The number of aromatic nitrogens is 2. The van der Waals surface area contributed by atoms with E-state index in [9.17, 15) is 4.79 Å². The van der Waals surface area contributed by atoms with Crippen molar-refractivity contribution in [1.82, 2.24) is 9.97 Å². The van der Waals surface area contributed by atoms with Crippen molar-refractivity contribution in [2.45, 2.75) is 6.54 Å². The van der Waals surface area contributed by atoms with E-state index in [1.165, 1.54) is 0 Å². The molecule has 0 aliphatic rings. The first-order valence-electron chi connectivity index (χ1n) is 4.90. The van der Waals surface area contributed by atoms with Crippen molar-refractivity contribution in [2.24, 2.45) is 0 Å². The SMILES string of the molecule is COc1ccc(N)c(NCc2csc(=O)[nH]2)n1. The highest BCUT2D eigenvalue weighted by Gasteiger charge is 2.04. The number of ether oxygens (including phenoxy) is 1. The Morgan fingerprint density at radius 3 is 3.06 bits per heavy atom. The monoisotopic (exact) mass is 252 g/mol. The van der Waals surface area contributed by atoms with Crippen LogP contribution in [0.4, 0.5) is 11.5 Å². The van der Waals surface area contributed by atoms with Crippen LogP contribution in [-0.4, -0.2) is 17.1 Å². The van der Waals surface area contributed by atoms with Crippen molar-refractivity contribution in [3.05, 3.63) is 32.9 Å². The molecule has 0 amide bonds. The Morgan fingerprint density at radius 2 is 2.41 bits per heavy atom. The number of methoxy groups -OCH3 is 1. The molecule has 17 heavy (non-hydrogen) atoms. The van der Waals surface area contributed by atoms with Gasteiger partial charge in [-0.05, 0) is 6.07 Å². The maximum Gasteiger partial charge on any atom is 0.304 e. The van der Waals surface area contributed by atoms with Crippen LogP contribution in [-0.2, 0) is 6.54 Å². The summed E-state index contributed by atoms with van der Waals surface area (Å²) >= 11 is 1.12. The number of thiazole rings is 1. The number of nitrogens with two attached hydrogens (primary N) is 1. The summed E-state index contributed by atoms with van der Waals surface area (Å²) in [7, 11) is 1.54. The highest BCUT2D eigenvalue weighted by atomic mass is 32.1. The van der Waals surface area contributed by atoms with E-state index in [0.717, 1.165) is 17.0 Å². The summed E-state index contributed by atoms with van der Waals surface area (Å²) in [6.07, 6.45) is 0. The zero-order chi connectivity index (χ0) is 12.3. The van der Waals surface area contributed by atoms with Crippen LogP contribution >= 0.6 is 11.3 Å². The van der Waals surface area contributed by atoms with Gasteiger partial charge in [0.25, 0.3) is 0 Å². The summed E-state index contributed by atoms with van der Waals surface area (Å²) in [5, 5.41) is 4.79. The third-order valence-corrected chi connectivity index (χ3v) is 2.85. The van der Waals surface area contributed by atoms with Crippen molar-refractivity contribution in [3.8, 4) is 5.88 Å². The lowest BCUT2D eigenvalue weighted by molar-refractivity contribution is 0.398. The molecule has 0 bridgehead atoms. The van der Waals surface area contributed by atoms with Gasteiger partial charge in [-0.3, -0.25) is 4.79 Å². The summed E-state index contributed by atoms with van der Waals surface area (Å²) in [4.78, 5) is 17.7. The first kappa shape index (κ1) is 11.5. The molecule has 0 atom stereocenters. The molecule has 0 radical (unpaired) electrons. The van der Waals surface area contributed by atoms with Crippen molar-refractivity contribution in [2.75, 3.05) is 18.2 Å². The van der Waals surface area contributed by atoms with Gasteiger partial charge in [-0.2, -0.15) is 4.98 Å². The number of nitrogens with zero attached hydrogens (tertiary/aromatic N) is 1. The molecule has 90 valence electrons. The fourth-order valence-corrected chi connectivity index (χ4v) is 1.87. The Hall–Kier alpha value is -2.02. The van der Waals surface area contributed by atoms with Crippen molar-refractivity contribution >= 4 is 22.8 Å².